The maximum atomic E-state index is 5.78. The monoisotopic (exact) mass is 190 g/mol. The van der Waals surface area contributed by atoms with Crippen molar-refractivity contribution in [1.82, 2.24) is 9.66 Å². The molecule has 0 amide bonds. The van der Waals surface area contributed by atoms with Crippen LogP contribution in [0.25, 0.3) is 10.9 Å². The summed E-state index contributed by atoms with van der Waals surface area (Å²) in [6, 6.07) is 7.37. The van der Waals surface area contributed by atoms with E-state index in [2.05, 4.69) is 10.1 Å². The van der Waals surface area contributed by atoms with Gasteiger partial charge in [-0.15, -0.1) is 5.10 Å². The van der Waals surface area contributed by atoms with E-state index < -0.39 is 0 Å². The highest BCUT2D eigenvalue weighted by atomic mass is 15.4. The summed E-state index contributed by atoms with van der Waals surface area (Å²) in [4.78, 5) is 4.12. The van der Waals surface area contributed by atoms with Crippen molar-refractivity contribution in [3.8, 4) is 0 Å². The number of aromatic nitrogens is 2. The molecule has 0 aliphatic heterocycles. The van der Waals surface area contributed by atoms with Crippen molar-refractivity contribution in [2.24, 2.45) is 10.9 Å². The van der Waals surface area contributed by atoms with Crippen LogP contribution in [-0.2, 0) is 0 Å². The Balaban J connectivity index is 3.00. The summed E-state index contributed by atoms with van der Waals surface area (Å²) in [6.45, 7) is 0. The number of fused-ring (bicyclic) bond motifs is 1. The number of anilines is 1. The fourth-order valence-corrected chi connectivity index (χ4v) is 1.28. The SMILES string of the molecule is N/N=c1/nc2ccccc2c(N)n1N. The van der Waals surface area contributed by atoms with Gasteiger partial charge in [-0.25, -0.2) is 9.66 Å². The Bertz CT molecular complexity index is 541. The first-order chi connectivity index (χ1) is 6.74. The topological polar surface area (TPSA) is 108 Å². The third kappa shape index (κ3) is 1.05. The lowest BCUT2D eigenvalue weighted by Crippen LogP contribution is -2.33. The number of nitrogen functional groups attached to an aromatic ring is 2. The lowest BCUT2D eigenvalue weighted by atomic mass is 10.2. The number of para-hydroxylation sites is 1. The molecule has 6 nitrogen and oxygen atoms in total. The molecule has 14 heavy (non-hydrogen) atoms. The zero-order valence-corrected chi connectivity index (χ0v) is 7.38. The molecule has 0 bridgehead atoms. The van der Waals surface area contributed by atoms with Crippen LogP contribution in [-0.4, -0.2) is 9.66 Å². The quantitative estimate of drug-likeness (QED) is 0.369. The molecule has 0 spiro atoms. The summed E-state index contributed by atoms with van der Waals surface area (Å²) < 4.78 is 1.16. The minimum atomic E-state index is 0.196. The first-order valence-electron chi connectivity index (χ1n) is 4.00. The zero-order chi connectivity index (χ0) is 10.1. The van der Waals surface area contributed by atoms with Gasteiger partial charge in [0.1, 0.15) is 5.82 Å². The molecular formula is C8H10N6. The zero-order valence-electron chi connectivity index (χ0n) is 7.38. The molecule has 0 saturated carbocycles. The second-order valence-electron chi connectivity index (χ2n) is 2.81. The minimum Gasteiger partial charge on any atom is -0.383 e. The van der Waals surface area contributed by atoms with E-state index in [4.69, 9.17) is 17.4 Å². The van der Waals surface area contributed by atoms with Gasteiger partial charge in [-0.2, -0.15) is 0 Å². The van der Waals surface area contributed by atoms with Crippen LogP contribution in [0.5, 0.6) is 0 Å². The Morgan fingerprint density at radius 3 is 2.71 bits per heavy atom. The molecule has 0 saturated heterocycles. The molecule has 0 aliphatic carbocycles. The van der Waals surface area contributed by atoms with Gasteiger partial charge in [0, 0.05) is 5.39 Å². The van der Waals surface area contributed by atoms with Crippen molar-refractivity contribution in [3.63, 3.8) is 0 Å². The first-order valence-corrected chi connectivity index (χ1v) is 4.00. The van der Waals surface area contributed by atoms with Crippen molar-refractivity contribution >= 4 is 16.7 Å². The van der Waals surface area contributed by atoms with E-state index in [0.29, 0.717) is 5.82 Å². The van der Waals surface area contributed by atoms with Gasteiger partial charge in [-0.1, -0.05) is 12.1 Å². The molecule has 0 unspecified atom stereocenters. The number of hydrogen-bond donors (Lipinski definition) is 3. The molecule has 1 heterocycles. The third-order valence-corrected chi connectivity index (χ3v) is 1.99. The summed E-state index contributed by atoms with van der Waals surface area (Å²) in [6.07, 6.45) is 0. The van der Waals surface area contributed by atoms with Crippen LogP contribution in [0.15, 0.2) is 29.4 Å². The third-order valence-electron chi connectivity index (χ3n) is 1.99. The summed E-state index contributed by atoms with van der Waals surface area (Å²) in [5, 5.41) is 4.21. The van der Waals surface area contributed by atoms with E-state index in [-0.39, 0.29) is 5.62 Å². The van der Waals surface area contributed by atoms with Crippen molar-refractivity contribution in [2.75, 3.05) is 11.6 Å². The number of nitrogens with zero attached hydrogens (tertiary/aromatic N) is 3. The highest BCUT2D eigenvalue weighted by molar-refractivity contribution is 5.87. The normalized spacial score (nSPS) is 12.1. The Labute approximate surface area is 79.6 Å². The maximum Gasteiger partial charge on any atom is 0.267 e. The number of nitrogens with two attached hydrogens (primary N) is 3. The Morgan fingerprint density at radius 1 is 1.29 bits per heavy atom. The van der Waals surface area contributed by atoms with Gasteiger partial charge in [-0.05, 0) is 12.1 Å². The fraction of sp³-hybridized carbons (Fsp3) is 0. The molecule has 0 fully saturated rings. The van der Waals surface area contributed by atoms with Crippen molar-refractivity contribution in [1.29, 1.82) is 0 Å². The molecule has 0 radical (unpaired) electrons. The van der Waals surface area contributed by atoms with Crippen LogP contribution in [0.1, 0.15) is 0 Å². The van der Waals surface area contributed by atoms with Gasteiger partial charge in [0.05, 0.1) is 5.52 Å². The average molecular weight is 190 g/mol. The van der Waals surface area contributed by atoms with Crippen molar-refractivity contribution in [3.05, 3.63) is 29.9 Å². The molecule has 6 N–H and O–H groups in total. The summed E-state index contributed by atoms with van der Waals surface area (Å²) in [5.74, 6) is 11.1. The summed E-state index contributed by atoms with van der Waals surface area (Å²) in [5.41, 5.74) is 6.69. The molecule has 0 aliphatic rings. The molecule has 0 atom stereocenters. The highest BCUT2D eigenvalue weighted by Crippen LogP contribution is 2.14. The number of rotatable bonds is 0. The number of benzene rings is 1. The molecule has 2 rings (SSSR count). The Morgan fingerprint density at radius 2 is 2.00 bits per heavy atom. The van der Waals surface area contributed by atoms with Crippen LogP contribution >= 0.6 is 0 Å². The minimum absolute atomic E-state index is 0.196. The molecule has 2 aromatic rings. The smallest absolute Gasteiger partial charge is 0.267 e. The molecule has 1 aromatic carbocycles. The lowest BCUT2D eigenvalue weighted by Gasteiger charge is -2.06. The van der Waals surface area contributed by atoms with E-state index in [9.17, 15) is 0 Å². The van der Waals surface area contributed by atoms with Gasteiger partial charge in [0.15, 0.2) is 0 Å². The van der Waals surface area contributed by atoms with Crippen LogP contribution in [0.4, 0.5) is 5.82 Å². The number of hydrogen-bond acceptors (Lipinski definition) is 5. The average Bonchev–Trinajstić information content (AvgIpc) is 2.23. The summed E-state index contributed by atoms with van der Waals surface area (Å²) >= 11 is 0. The van der Waals surface area contributed by atoms with E-state index >= 15 is 0 Å². The standard InChI is InChI=1S/C8H10N6/c9-7-5-3-1-2-4-6(5)12-8(13-10)14(7)11/h1-4H,9-11H2/b13-8-. The van der Waals surface area contributed by atoms with Gasteiger partial charge in [0.25, 0.3) is 5.62 Å². The lowest BCUT2D eigenvalue weighted by molar-refractivity contribution is 0.837. The maximum absolute atomic E-state index is 5.78. The molecular weight excluding hydrogens is 180 g/mol. The first kappa shape index (κ1) is 8.36. The van der Waals surface area contributed by atoms with Crippen LogP contribution in [0, 0.1) is 0 Å². The molecule has 6 heteroatoms. The van der Waals surface area contributed by atoms with E-state index in [1.165, 1.54) is 0 Å². The second-order valence-corrected chi connectivity index (χ2v) is 2.81. The Hall–Kier alpha value is -2.24. The largest absolute Gasteiger partial charge is 0.383 e. The second kappa shape index (κ2) is 2.91. The highest BCUT2D eigenvalue weighted by Gasteiger charge is 2.03. The fourth-order valence-electron chi connectivity index (χ4n) is 1.28. The Kier molecular flexibility index (Phi) is 1.74. The van der Waals surface area contributed by atoms with Crippen LogP contribution in [0.3, 0.4) is 0 Å². The van der Waals surface area contributed by atoms with E-state index in [1.807, 2.05) is 24.3 Å². The predicted octanol–water partition coefficient (Wildman–Crippen LogP) is -0.893. The van der Waals surface area contributed by atoms with Gasteiger partial charge < -0.3 is 17.4 Å². The predicted molar refractivity (Wildman–Crippen MR) is 54.0 cm³/mol. The summed E-state index contributed by atoms with van der Waals surface area (Å²) in [7, 11) is 0. The van der Waals surface area contributed by atoms with Gasteiger partial charge in [0.2, 0.25) is 0 Å². The van der Waals surface area contributed by atoms with E-state index in [0.717, 1.165) is 15.6 Å². The molecule has 72 valence electrons. The van der Waals surface area contributed by atoms with Crippen molar-refractivity contribution in [2.45, 2.75) is 0 Å². The van der Waals surface area contributed by atoms with Crippen molar-refractivity contribution < 1.29 is 0 Å². The van der Waals surface area contributed by atoms with Crippen LogP contribution < -0.4 is 23.0 Å². The van der Waals surface area contributed by atoms with Gasteiger partial charge >= 0.3 is 0 Å². The molecule has 1 aromatic heterocycles. The van der Waals surface area contributed by atoms with E-state index in [1.54, 1.807) is 0 Å². The van der Waals surface area contributed by atoms with Gasteiger partial charge in [-0.3, -0.25) is 0 Å². The van der Waals surface area contributed by atoms with Crippen LogP contribution in [0.2, 0.25) is 0 Å².